The number of benzene rings is 2. The van der Waals surface area contributed by atoms with Crippen molar-refractivity contribution in [1.82, 2.24) is 4.90 Å². The van der Waals surface area contributed by atoms with Gasteiger partial charge in [0, 0.05) is 19.6 Å². The standard InChI is InChI=1S/C24H24N2O5/c27-22(25-13-10-19(11-14-25)18-6-2-1-3-7-18)16-31-24(29)12-15-26-20-8-4-5-9-21(20)30-17-23(26)28/h1-10H,11-17H2. The fourth-order valence-corrected chi connectivity index (χ4v) is 3.72. The zero-order chi connectivity index (χ0) is 21.6. The summed E-state index contributed by atoms with van der Waals surface area (Å²) in [6.07, 6.45) is 2.81. The predicted octanol–water partition coefficient (Wildman–Crippen LogP) is 2.66. The molecule has 2 aromatic rings. The minimum atomic E-state index is -0.511. The second-order valence-corrected chi connectivity index (χ2v) is 7.40. The van der Waals surface area contributed by atoms with Crippen molar-refractivity contribution >= 4 is 29.0 Å². The normalized spacial score (nSPS) is 15.6. The molecule has 2 heterocycles. The Morgan fingerprint density at radius 2 is 1.81 bits per heavy atom. The van der Waals surface area contributed by atoms with Crippen molar-refractivity contribution in [2.24, 2.45) is 0 Å². The Morgan fingerprint density at radius 3 is 2.58 bits per heavy atom. The number of fused-ring (bicyclic) bond motifs is 1. The van der Waals surface area contributed by atoms with Gasteiger partial charge in [0.2, 0.25) is 0 Å². The van der Waals surface area contributed by atoms with Crippen LogP contribution in [0.3, 0.4) is 0 Å². The van der Waals surface area contributed by atoms with Gasteiger partial charge < -0.3 is 19.3 Å². The number of anilines is 1. The molecule has 2 aliphatic heterocycles. The smallest absolute Gasteiger partial charge is 0.308 e. The average molecular weight is 420 g/mol. The first-order valence-electron chi connectivity index (χ1n) is 10.3. The maximum absolute atomic E-state index is 12.4. The molecule has 7 nitrogen and oxygen atoms in total. The van der Waals surface area contributed by atoms with E-state index in [2.05, 4.69) is 12.1 Å². The minimum absolute atomic E-state index is 0.00537. The molecule has 0 aromatic heterocycles. The number of para-hydroxylation sites is 2. The zero-order valence-electron chi connectivity index (χ0n) is 17.2. The van der Waals surface area contributed by atoms with Crippen molar-refractivity contribution < 1.29 is 23.9 Å². The van der Waals surface area contributed by atoms with Crippen LogP contribution in [0.15, 0.2) is 60.7 Å². The van der Waals surface area contributed by atoms with Gasteiger partial charge in [0.15, 0.2) is 13.2 Å². The number of carbonyl (C=O) groups excluding carboxylic acids is 3. The molecule has 0 unspecified atom stereocenters. The quantitative estimate of drug-likeness (QED) is 0.672. The summed E-state index contributed by atoms with van der Waals surface area (Å²) in [6.45, 7) is 0.925. The molecule has 0 spiro atoms. The monoisotopic (exact) mass is 420 g/mol. The number of rotatable bonds is 6. The van der Waals surface area contributed by atoms with E-state index in [1.807, 2.05) is 30.3 Å². The number of carbonyl (C=O) groups is 3. The first kappa shape index (κ1) is 20.7. The number of esters is 1. The molecule has 2 aromatic carbocycles. The summed E-state index contributed by atoms with van der Waals surface area (Å²) >= 11 is 0. The molecular weight excluding hydrogens is 396 g/mol. The Bertz CT molecular complexity index is 1000. The highest BCUT2D eigenvalue weighted by Gasteiger charge is 2.26. The fourth-order valence-electron chi connectivity index (χ4n) is 3.72. The molecule has 0 aliphatic carbocycles. The predicted molar refractivity (Wildman–Crippen MR) is 115 cm³/mol. The van der Waals surface area contributed by atoms with Gasteiger partial charge in [0.05, 0.1) is 12.1 Å². The van der Waals surface area contributed by atoms with E-state index in [9.17, 15) is 14.4 Å². The maximum Gasteiger partial charge on any atom is 0.308 e. The SMILES string of the molecule is O=C(CCN1C(=O)COc2ccccc21)OCC(=O)N1CC=C(c2ccccc2)CC1. The number of ether oxygens (including phenoxy) is 2. The summed E-state index contributed by atoms with van der Waals surface area (Å²) in [5.41, 5.74) is 3.02. The van der Waals surface area contributed by atoms with E-state index in [4.69, 9.17) is 9.47 Å². The highest BCUT2D eigenvalue weighted by Crippen LogP contribution is 2.31. The largest absolute Gasteiger partial charge is 0.482 e. The van der Waals surface area contributed by atoms with Gasteiger partial charge in [-0.2, -0.15) is 0 Å². The summed E-state index contributed by atoms with van der Waals surface area (Å²) in [5.74, 6) is -0.331. The minimum Gasteiger partial charge on any atom is -0.482 e. The molecule has 0 saturated heterocycles. The molecule has 0 fully saturated rings. The van der Waals surface area contributed by atoms with Crippen molar-refractivity contribution in [2.45, 2.75) is 12.8 Å². The average Bonchev–Trinajstić information content (AvgIpc) is 2.82. The molecule has 0 saturated carbocycles. The molecule has 0 bridgehead atoms. The van der Waals surface area contributed by atoms with E-state index >= 15 is 0 Å². The van der Waals surface area contributed by atoms with Crippen LogP contribution >= 0.6 is 0 Å². The van der Waals surface area contributed by atoms with Gasteiger partial charge in [-0.25, -0.2) is 0 Å². The van der Waals surface area contributed by atoms with Crippen LogP contribution in [0.4, 0.5) is 5.69 Å². The van der Waals surface area contributed by atoms with Crippen LogP contribution in [0, 0.1) is 0 Å². The van der Waals surface area contributed by atoms with Crippen LogP contribution in [0.1, 0.15) is 18.4 Å². The lowest BCUT2D eigenvalue weighted by molar-refractivity contribution is -0.151. The summed E-state index contributed by atoms with van der Waals surface area (Å²) in [5, 5.41) is 0. The Balaban J connectivity index is 1.24. The summed E-state index contributed by atoms with van der Waals surface area (Å²) in [4.78, 5) is 39.9. The van der Waals surface area contributed by atoms with Crippen LogP contribution in [-0.4, -0.2) is 55.5 Å². The van der Waals surface area contributed by atoms with E-state index in [1.165, 1.54) is 16.0 Å². The second-order valence-electron chi connectivity index (χ2n) is 7.40. The number of hydrogen-bond acceptors (Lipinski definition) is 5. The first-order valence-corrected chi connectivity index (χ1v) is 10.3. The molecular formula is C24H24N2O5. The summed E-state index contributed by atoms with van der Waals surface area (Å²) in [6, 6.07) is 17.3. The van der Waals surface area contributed by atoms with Gasteiger partial charge >= 0.3 is 5.97 Å². The molecule has 0 N–H and O–H groups in total. The lowest BCUT2D eigenvalue weighted by Crippen LogP contribution is -2.40. The molecule has 4 rings (SSSR count). The van der Waals surface area contributed by atoms with E-state index in [-0.39, 0.29) is 38.0 Å². The van der Waals surface area contributed by atoms with Crippen molar-refractivity contribution in [3.8, 4) is 5.75 Å². The third-order valence-corrected chi connectivity index (χ3v) is 5.41. The Hall–Kier alpha value is -3.61. The van der Waals surface area contributed by atoms with E-state index in [0.29, 0.717) is 24.5 Å². The topological polar surface area (TPSA) is 76.1 Å². The fraction of sp³-hybridized carbons (Fsp3) is 0.292. The molecule has 2 aliphatic rings. The van der Waals surface area contributed by atoms with E-state index in [1.54, 1.807) is 23.1 Å². The van der Waals surface area contributed by atoms with E-state index in [0.717, 1.165) is 6.42 Å². The van der Waals surface area contributed by atoms with E-state index < -0.39 is 5.97 Å². The van der Waals surface area contributed by atoms with Crippen LogP contribution in [-0.2, 0) is 19.1 Å². The molecule has 0 atom stereocenters. The third-order valence-electron chi connectivity index (χ3n) is 5.41. The Labute approximate surface area is 180 Å². The lowest BCUT2D eigenvalue weighted by atomic mass is 10.00. The van der Waals surface area contributed by atoms with Crippen LogP contribution < -0.4 is 9.64 Å². The number of hydrogen-bond donors (Lipinski definition) is 0. The Kier molecular flexibility index (Phi) is 6.31. The van der Waals surface area contributed by atoms with Crippen LogP contribution in [0.2, 0.25) is 0 Å². The van der Waals surface area contributed by atoms with Gasteiger partial charge in [-0.1, -0.05) is 48.5 Å². The zero-order valence-corrected chi connectivity index (χ0v) is 17.2. The van der Waals surface area contributed by atoms with Crippen LogP contribution in [0.5, 0.6) is 5.75 Å². The van der Waals surface area contributed by atoms with Crippen molar-refractivity contribution in [2.75, 3.05) is 37.7 Å². The van der Waals surface area contributed by atoms with Gasteiger partial charge in [0.25, 0.3) is 11.8 Å². The summed E-state index contributed by atoms with van der Waals surface area (Å²) in [7, 11) is 0. The molecule has 160 valence electrons. The van der Waals surface area contributed by atoms with Crippen molar-refractivity contribution in [1.29, 1.82) is 0 Å². The van der Waals surface area contributed by atoms with Crippen LogP contribution in [0.25, 0.3) is 5.57 Å². The van der Waals surface area contributed by atoms with Gasteiger partial charge in [-0.15, -0.1) is 0 Å². The highest BCUT2D eigenvalue weighted by molar-refractivity contribution is 5.98. The highest BCUT2D eigenvalue weighted by atomic mass is 16.5. The van der Waals surface area contributed by atoms with Crippen molar-refractivity contribution in [3.05, 3.63) is 66.2 Å². The molecule has 0 radical (unpaired) electrons. The van der Waals surface area contributed by atoms with Gasteiger partial charge in [-0.3, -0.25) is 14.4 Å². The second kappa shape index (κ2) is 9.47. The maximum atomic E-state index is 12.4. The Morgan fingerprint density at radius 1 is 1.03 bits per heavy atom. The molecule has 31 heavy (non-hydrogen) atoms. The molecule has 7 heteroatoms. The van der Waals surface area contributed by atoms with Gasteiger partial charge in [-0.05, 0) is 29.7 Å². The number of amides is 2. The van der Waals surface area contributed by atoms with Gasteiger partial charge in [0.1, 0.15) is 5.75 Å². The summed E-state index contributed by atoms with van der Waals surface area (Å²) < 4.78 is 10.6. The lowest BCUT2D eigenvalue weighted by Gasteiger charge is -2.29. The molecule has 2 amide bonds. The third kappa shape index (κ3) is 4.94. The number of nitrogens with zero attached hydrogens (tertiary/aromatic N) is 2. The van der Waals surface area contributed by atoms with Crippen molar-refractivity contribution in [3.63, 3.8) is 0 Å². The first-order chi connectivity index (χ1) is 15.1.